The van der Waals surface area contributed by atoms with Crippen molar-refractivity contribution in [2.45, 2.75) is 23.5 Å². The Balaban J connectivity index is 2.15. The van der Waals surface area contributed by atoms with Crippen LogP contribution in [0.4, 0.5) is 0 Å². The van der Waals surface area contributed by atoms with E-state index in [4.69, 9.17) is 10.2 Å². The van der Waals surface area contributed by atoms with E-state index in [9.17, 15) is 0 Å². The summed E-state index contributed by atoms with van der Waals surface area (Å²) in [6.07, 6.45) is 4.16. The molecule has 0 fully saturated rings. The molecule has 0 radical (unpaired) electrons. The Hall–Kier alpha value is -1.26. The summed E-state index contributed by atoms with van der Waals surface area (Å²) in [5.74, 6) is 0. The number of rotatable bonds is 4. The molecular weight excluding hydrogens is 220 g/mol. The van der Waals surface area contributed by atoms with E-state index >= 15 is 0 Å². The molecule has 0 aliphatic carbocycles. The molecule has 1 heterocycles. The van der Waals surface area contributed by atoms with Gasteiger partial charge in [-0.3, -0.25) is 0 Å². The topological polar surface area (TPSA) is 52.0 Å². The van der Waals surface area contributed by atoms with Gasteiger partial charge in [-0.05, 0) is 54.9 Å². The Morgan fingerprint density at radius 1 is 1.44 bits per heavy atom. The predicted molar refractivity (Wildman–Crippen MR) is 64.6 cm³/mol. The van der Waals surface area contributed by atoms with Gasteiger partial charge in [-0.15, -0.1) is 0 Å². The van der Waals surface area contributed by atoms with Crippen molar-refractivity contribution < 1.29 is 4.42 Å². The van der Waals surface area contributed by atoms with Gasteiger partial charge in [-0.2, -0.15) is 0 Å². The smallest absolute Gasteiger partial charge is 0.260 e. The summed E-state index contributed by atoms with van der Waals surface area (Å²) >= 11 is 1.53. The molecule has 1 aromatic carbocycles. The zero-order valence-corrected chi connectivity index (χ0v) is 9.96. The van der Waals surface area contributed by atoms with Crippen LogP contribution in [0.2, 0.25) is 0 Å². The maximum atomic E-state index is 5.55. The Labute approximate surface area is 99.1 Å². The van der Waals surface area contributed by atoms with Crippen molar-refractivity contribution in [3.05, 3.63) is 41.8 Å². The number of nitrogens with zero attached hydrogens (tertiary/aromatic N) is 1. The molecule has 0 amide bonds. The summed E-state index contributed by atoms with van der Waals surface area (Å²) < 4.78 is 5.19. The molecule has 2 aromatic rings. The molecular formula is C12H14N2OS. The molecule has 0 bridgehead atoms. The normalized spacial score (nSPS) is 10.6. The largest absolute Gasteiger partial charge is 0.440 e. The molecule has 3 nitrogen and oxygen atoms in total. The first kappa shape index (κ1) is 11.2. The monoisotopic (exact) mass is 234 g/mol. The van der Waals surface area contributed by atoms with E-state index in [1.165, 1.54) is 22.9 Å². The van der Waals surface area contributed by atoms with Crippen LogP contribution >= 0.6 is 11.8 Å². The third kappa shape index (κ3) is 2.65. The molecule has 0 aliphatic rings. The van der Waals surface area contributed by atoms with Crippen molar-refractivity contribution in [2.75, 3.05) is 6.54 Å². The van der Waals surface area contributed by atoms with Gasteiger partial charge in [-0.25, -0.2) is 4.98 Å². The minimum atomic E-state index is 0.672. The fourth-order valence-electron chi connectivity index (χ4n) is 1.53. The van der Waals surface area contributed by atoms with Gasteiger partial charge in [0.25, 0.3) is 5.22 Å². The summed E-state index contributed by atoms with van der Waals surface area (Å²) in [6.45, 7) is 2.79. The third-order valence-corrected chi connectivity index (χ3v) is 3.21. The molecule has 2 rings (SSSR count). The lowest BCUT2D eigenvalue weighted by molar-refractivity contribution is 0.454. The fourth-order valence-corrected chi connectivity index (χ4v) is 2.32. The second-order valence-corrected chi connectivity index (χ2v) is 4.55. The van der Waals surface area contributed by atoms with Crippen LogP contribution in [0.1, 0.15) is 11.1 Å². The predicted octanol–water partition coefficient (Wildman–Crippen LogP) is 2.64. The number of oxazole rings is 1. The lowest BCUT2D eigenvalue weighted by atomic mass is 10.1. The first-order valence-electron chi connectivity index (χ1n) is 5.16. The van der Waals surface area contributed by atoms with E-state index in [0.29, 0.717) is 11.8 Å². The summed E-state index contributed by atoms with van der Waals surface area (Å²) in [5, 5.41) is 0.672. The first-order valence-corrected chi connectivity index (χ1v) is 5.98. The van der Waals surface area contributed by atoms with Crippen LogP contribution < -0.4 is 5.73 Å². The van der Waals surface area contributed by atoms with Gasteiger partial charge in [0.05, 0.1) is 6.20 Å². The Kier molecular flexibility index (Phi) is 3.64. The molecule has 84 valence electrons. The fraction of sp³-hybridized carbons (Fsp3) is 0.250. The van der Waals surface area contributed by atoms with E-state index in [1.807, 2.05) is 0 Å². The van der Waals surface area contributed by atoms with Crippen molar-refractivity contribution in [1.82, 2.24) is 4.98 Å². The highest BCUT2D eigenvalue weighted by molar-refractivity contribution is 7.99. The number of hydrogen-bond donors (Lipinski definition) is 1. The highest BCUT2D eigenvalue weighted by atomic mass is 32.2. The van der Waals surface area contributed by atoms with Gasteiger partial charge in [0.2, 0.25) is 0 Å². The van der Waals surface area contributed by atoms with E-state index in [2.05, 4.69) is 30.1 Å². The third-order valence-electron chi connectivity index (χ3n) is 2.34. The molecule has 0 saturated heterocycles. The summed E-state index contributed by atoms with van der Waals surface area (Å²) in [6, 6.07) is 6.33. The van der Waals surface area contributed by atoms with Gasteiger partial charge < -0.3 is 10.2 Å². The van der Waals surface area contributed by atoms with Gasteiger partial charge in [0.15, 0.2) is 0 Å². The first-order chi connectivity index (χ1) is 7.79. The SMILES string of the molecule is Cc1cc(Sc2ncco2)ccc1CCN. The summed E-state index contributed by atoms with van der Waals surface area (Å²) in [5.41, 5.74) is 8.12. The lowest BCUT2D eigenvalue weighted by Crippen LogP contribution is -2.03. The molecule has 0 saturated carbocycles. The Morgan fingerprint density at radius 3 is 2.94 bits per heavy atom. The van der Waals surface area contributed by atoms with E-state index < -0.39 is 0 Å². The zero-order chi connectivity index (χ0) is 11.4. The van der Waals surface area contributed by atoms with Crippen LogP contribution in [0.3, 0.4) is 0 Å². The molecule has 0 atom stereocenters. The summed E-state index contributed by atoms with van der Waals surface area (Å²) in [4.78, 5) is 5.22. The maximum absolute atomic E-state index is 5.55. The van der Waals surface area contributed by atoms with Crippen LogP contribution in [0.5, 0.6) is 0 Å². The van der Waals surface area contributed by atoms with Crippen molar-refractivity contribution in [2.24, 2.45) is 5.73 Å². The Bertz CT molecular complexity index is 454. The number of aryl methyl sites for hydroxylation is 1. The van der Waals surface area contributed by atoms with Gasteiger partial charge >= 0.3 is 0 Å². The van der Waals surface area contributed by atoms with E-state index in [-0.39, 0.29) is 0 Å². The lowest BCUT2D eigenvalue weighted by Gasteiger charge is -2.05. The standard InChI is InChI=1S/C12H14N2OS/c1-9-8-11(3-2-10(9)4-5-13)16-12-14-6-7-15-12/h2-3,6-8H,4-5,13H2,1H3. The molecule has 0 spiro atoms. The molecule has 1 aromatic heterocycles. The summed E-state index contributed by atoms with van der Waals surface area (Å²) in [7, 11) is 0. The van der Waals surface area contributed by atoms with Crippen LogP contribution in [0, 0.1) is 6.92 Å². The Morgan fingerprint density at radius 2 is 2.31 bits per heavy atom. The average Bonchev–Trinajstić information content (AvgIpc) is 2.75. The number of aromatic nitrogens is 1. The number of hydrogen-bond acceptors (Lipinski definition) is 4. The molecule has 16 heavy (non-hydrogen) atoms. The highest BCUT2D eigenvalue weighted by Crippen LogP contribution is 2.27. The van der Waals surface area contributed by atoms with Crippen LogP contribution in [0.15, 0.2) is 45.2 Å². The number of benzene rings is 1. The van der Waals surface area contributed by atoms with Crippen LogP contribution in [-0.2, 0) is 6.42 Å². The van der Waals surface area contributed by atoms with Gasteiger partial charge in [0, 0.05) is 4.90 Å². The minimum absolute atomic E-state index is 0.672. The highest BCUT2D eigenvalue weighted by Gasteiger charge is 2.04. The maximum Gasteiger partial charge on any atom is 0.260 e. The van der Waals surface area contributed by atoms with E-state index in [1.54, 1.807) is 12.5 Å². The van der Waals surface area contributed by atoms with Crippen molar-refractivity contribution in [3.63, 3.8) is 0 Å². The quantitative estimate of drug-likeness (QED) is 0.883. The molecule has 0 aliphatic heterocycles. The van der Waals surface area contributed by atoms with Crippen molar-refractivity contribution >= 4 is 11.8 Å². The zero-order valence-electron chi connectivity index (χ0n) is 9.14. The number of nitrogens with two attached hydrogens (primary N) is 1. The molecule has 0 unspecified atom stereocenters. The minimum Gasteiger partial charge on any atom is -0.440 e. The molecule has 2 N–H and O–H groups in total. The van der Waals surface area contributed by atoms with Crippen molar-refractivity contribution in [1.29, 1.82) is 0 Å². The second-order valence-electron chi connectivity index (χ2n) is 3.53. The van der Waals surface area contributed by atoms with Crippen molar-refractivity contribution in [3.8, 4) is 0 Å². The van der Waals surface area contributed by atoms with Gasteiger partial charge in [-0.1, -0.05) is 6.07 Å². The van der Waals surface area contributed by atoms with Crippen LogP contribution in [0.25, 0.3) is 0 Å². The molecule has 4 heteroatoms. The average molecular weight is 234 g/mol. The van der Waals surface area contributed by atoms with Gasteiger partial charge in [0.1, 0.15) is 6.26 Å². The van der Waals surface area contributed by atoms with Crippen LogP contribution in [-0.4, -0.2) is 11.5 Å². The van der Waals surface area contributed by atoms with E-state index in [0.717, 1.165) is 11.3 Å². The second kappa shape index (κ2) is 5.18.